The van der Waals surface area contributed by atoms with Gasteiger partial charge in [0.05, 0.1) is 10.8 Å². The normalized spacial score (nSPS) is 12.2. The van der Waals surface area contributed by atoms with Crippen LogP contribution in [0.4, 0.5) is 0 Å². The van der Waals surface area contributed by atoms with Gasteiger partial charge in [0.1, 0.15) is 5.75 Å². The second-order valence-corrected chi connectivity index (χ2v) is 9.51. The molecule has 0 amide bonds. The maximum atomic E-state index is 11.2. The summed E-state index contributed by atoms with van der Waals surface area (Å²) in [7, 11) is 0. The molecule has 0 radical (unpaired) electrons. The maximum Gasteiger partial charge on any atom is 0.309 e. The molecule has 0 saturated heterocycles. The molecule has 0 unspecified atom stereocenters. The molecule has 5 heteroatoms. The van der Waals surface area contributed by atoms with Crippen molar-refractivity contribution in [1.82, 2.24) is 0 Å². The maximum absolute atomic E-state index is 11.2. The number of hydrogen-bond donors (Lipinski definition) is 3. The van der Waals surface area contributed by atoms with Crippen LogP contribution in [0.5, 0.6) is 5.75 Å². The Balaban J connectivity index is 2.60. The van der Waals surface area contributed by atoms with Crippen molar-refractivity contribution in [2.75, 3.05) is 0 Å². The van der Waals surface area contributed by atoms with Crippen LogP contribution in [-0.4, -0.2) is 27.3 Å². The van der Waals surface area contributed by atoms with Gasteiger partial charge in [0, 0.05) is 0 Å². The summed E-state index contributed by atoms with van der Waals surface area (Å²) >= 11 is 0. The second kappa shape index (κ2) is 10.7. The molecule has 0 fully saturated rings. The molecule has 1 aromatic rings. The summed E-state index contributed by atoms with van der Waals surface area (Å²) in [4.78, 5) is 22.4. The zero-order valence-electron chi connectivity index (χ0n) is 18.7. The molecule has 0 aliphatic carbocycles. The SMILES string of the molecule is Cc1ccc(CCCCCC(C)(C)C(=O)O)c(CCCCC(C)(C)C(=O)O)c1O. The van der Waals surface area contributed by atoms with Gasteiger partial charge in [-0.3, -0.25) is 9.59 Å². The summed E-state index contributed by atoms with van der Waals surface area (Å²) in [6.45, 7) is 8.91. The minimum Gasteiger partial charge on any atom is -0.507 e. The lowest BCUT2D eigenvalue weighted by atomic mass is 9.86. The number of carboxylic acids is 2. The minimum atomic E-state index is -0.775. The van der Waals surface area contributed by atoms with Crippen LogP contribution in [0.25, 0.3) is 0 Å². The van der Waals surface area contributed by atoms with Gasteiger partial charge in [-0.05, 0) is 89.8 Å². The number of aromatic hydroxyl groups is 1. The number of carboxylic acid groups (broad SMARTS) is 2. The van der Waals surface area contributed by atoms with Crippen LogP contribution in [0.2, 0.25) is 0 Å². The Morgan fingerprint density at radius 1 is 0.793 bits per heavy atom. The molecule has 29 heavy (non-hydrogen) atoms. The van der Waals surface area contributed by atoms with Gasteiger partial charge in [-0.15, -0.1) is 0 Å². The summed E-state index contributed by atoms with van der Waals surface area (Å²) < 4.78 is 0. The van der Waals surface area contributed by atoms with E-state index in [1.165, 1.54) is 0 Å². The topological polar surface area (TPSA) is 94.8 Å². The highest BCUT2D eigenvalue weighted by Gasteiger charge is 2.27. The third-order valence-electron chi connectivity index (χ3n) is 5.97. The van der Waals surface area contributed by atoms with E-state index in [-0.39, 0.29) is 0 Å². The predicted molar refractivity (Wildman–Crippen MR) is 115 cm³/mol. The van der Waals surface area contributed by atoms with Gasteiger partial charge < -0.3 is 15.3 Å². The zero-order chi connectivity index (χ0) is 22.2. The Hall–Kier alpha value is -2.04. The summed E-state index contributed by atoms with van der Waals surface area (Å²) in [5.74, 6) is -1.18. The fraction of sp³-hybridized carbons (Fsp3) is 0.667. The minimum absolute atomic E-state index is 0.354. The van der Waals surface area contributed by atoms with Crippen LogP contribution in [0.3, 0.4) is 0 Å². The van der Waals surface area contributed by atoms with Crippen molar-refractivity contribution in [1.29, 1.82) is 0 Å². The Bertz CT molecular complexity index is 703. The van der Waals surface area contributed by atoms with Crippen LogP contribution in [-0.2, 0) is 22.4 Å². The van der Waals surface area contributed by atoms with Gasteiger partial charge in [-0.1, -0.05) is 31.4 Å². The molecule has 1 aromatic carbocycles. The third-order valence-corrected chi connectivity index (χ3v) is 5.97. The number of aliphatic carboxylic acids is 2. The summed E-state index contributed by atoms with van der Waals surface area (Å²) in [5.41, 5.74) is 1.57. The smallest absolute Gasteiger partial charge is 0.309 e. The van der Waals surface area contributed by atoms with Crippen molar-refractivity contribution in [2.24, 2.45) is 10.8 Å². The van der Waals surface area contributed by atoms with Crippen LogP contribution in [0.1, 0.15) is 89.3 Å². The zero-order valence-corrected chi connectivity index (χ0v) is 18.7. The first kappa shape index (κ1) is 25.0. The van der Waals surface area contributed by atoms with Crippen molar-refractivity contribution >= 4 is 11.9 Å². The first-order valence-electron chi connectivity index (χ1n) is 10.7. The average molecular weight is 407 g/mol. The van der Waals surface area contributed by atoms with Crippen molar-refractivity contribution < 1.29 is 24.9 Å². The Labute approximate surface area is 175 Å². The van der Waals surface area contributed by atoms with E-state index in [1.54, 1.807) is 27.7 Å². The standard InChI is InChI=1S/C24H38O5/c1-17-13-14-18(11-7-6-9-15-23(2,3)21(26)27)19(20(17)25)12-8-10-16-24(4,5)22(28)29/h13-14,25H,6-12,15-16H2,1-5H3,(H,26,27)(H,28,29). The van der Waals surface area contributed by atoms with E-state index >= 15 is 0 Å². The molecular formula is C24H38O5. The fourth-order valence-electron chi connectivity index (χ4n) is 3.45. The highest BCUT2D eigenvalue weighted by Crippen LogP contribution is 2.31. The van der Waals surface area contributed by atoms with Crippen molar-refractivity contribution in [2.45, 2.75) is 92.4 Å². The van der Waals surface area contributed by atoms with E-state index in [2.05, 4.69) is 6.07 Å². The molecule has 0 aliphatic rings. The molecular weight excluding hydrogens is 368 g/mol. The van der Waals surface area contributed by atoms with Gasteiger partial charge in [0.2, 0.25) is 0 Å². The lowest BCUT2D eigenvalue weighted by Crippen LogP contribution is -2.23. The van der Waals surface area contributed by atoms with E-state index in [0.717, 1.165) is 61.6 Å². The number of unbranched alkanes of at least 4 members (excludes halogenated alkanes) is 3. The Morgan fingerprint density at radius 3 is 1.79 bits per heavy atom. The molecule has 5 nitrogen and oxygen atoms in total. The molecule has 0 aromatic heterocycles. The average Bonchev–Trinajstić information content (AvgIpc) is 2.62. The van der Waals surface area contributed by atoms with Gasteiger partial charge in [0.15, 0.2) is 0 Å². The summed E-state index contributed by atoms with van der Waals surface area (Å²) in [5, 5.41) is 29.0. The molecule has 0 aliphatic heterocycles. The first-order chi connectivity index (χ1) is 13.4. The summed E-state index contributed by atoms with van der Waals surface area (Å²) in [6.07, 6.45) is 7.30. The molecule has 0 spiro atoms. The van der Waals surface area contributed by atoms with E-state index < -0.39 is 22.8 Å². The number of phenolic OH excluding ortho intramolecular Hbond substituents is 1. The van der Waals surface area contributed by atoms with Crippen LogP contribution >= 0.6 is 0 Å². The quantitative estimate of drug-likeness (QED) is 0.363. The summed E-state index contributed by atoms with van der Waals surface area (Å²) in [6, 6.07) is 4.02. The second-order valence-electron chi connectivity index (χ2n) is 9.51. The monoisotopic (exact) mass is 406 g/mol. The van der Waals surface area contributed by atoms with Crippen LogP contribution in [0, 0.1) is 17.8 Å². The van der Waals surface area contributed by atoms with Gasteiger partial charge in [-0.25, -0.2) is 0 Å². The number of phenols is 1. The molecule has 0 bridgehead atoms. The van der Waals surface area contributed by atoms with E-state index in [1.807, 2.05) is 13.0 Å². The molecule has 0 atom stereocenters. The third kappa shape index (κ3) is 7.71. The van der Waals surface area contributed by atoms with Gasteiger partial charge in [-0.2, -0.15) is 0 Å². The predicted octanol–water partition coefficient (Wildman–Crippen LogP) is 5.74. The van der Waals surface area contributed by atoms with E-state index in [4.69, 9.17) is 0 Å². The van der Waals surface area contributed by atoms with Crippen molar-refractivity contribution in [3.05, 3.63) is 28.8 Å². The highest BCUT2D eigenvalue weighted by molar-refractivity contribution is 5.73. The van der Waals surface area contributed by atoms with E-state index in [0.29, 0.717) is 18.6 Å². The molecule has 0 saturated carbocycles. The lowest BCUT2D eigenvalue weighted by Gasteiger charge is -2.19. The molecule has 3 N–H and O–H groups in total. The Kier molecular flexibility index (Phi) is 9.18. The van der Waals surface area contributed by atoms with Crippen LogP contribution < -0.4 is 0 Å². The molecule has 0 heterocycles. The molecule has 1 rings (SSSR count). The molecule has 164 valence electrons. The number of rotatable bonds is 13. The van der Waals surface area contributed by atoms with Gasteiger partial charge >= 0.3 is 11.9 Å². The largest absolute Gasteiger partial charge is 0.507 e. The Morgan fingerprint density at radius 2 is 1.28 bits per heavy atom. The van der Waals surface area contributed by atoms with Crippen molar-refractivity contribution in [3.8, 4) is 5.75 Å². The number of carbonyl (C=O) groups is 2. The fourth-order valence-corrected chi connectivity index (χ4v) is 3.45. The van der Waals surface area contributed by atoms with Crippen molar-refractivity contribution in [3.63, 3.8) is 0 Å². The first-order valence-corrected chi connectivity index (χ1v) is 10.7. The van der Waals surface area contributed by atoms with E-state index in [9.17, 15) is 24.9 Å². The van der Waals surface area contributed by atoms with Gasteiger partial charge in [0.25, 0.3) is 0 Å². The lowest BCUT2D eigenvalue weighted by molar-refractivity contribution is -0.148. The highest BCUT2D eigenvalue weighted by atomic mass is 16.4. The number of aryl methyl sites for hydroxylation is 2. The number of hydrogen-bond acceptors (Lipinski definition) is 3. The van der Waals surface area contributed by atoms with Crippen LogP contribution in [0.15, 0.2) is 12.1 Å². The number of benzene rings is 1.